The molecule has 0 heterocycles. The molecule has 0 aromatic heterocycles. The highest BCUT2D eigenvalue weighted by Crippen LogP contribution is 2.36. The molecule has 1 nitrogen and oxygen atoms in total. The first-order valence-electron chi connectivity index (χ1n) is 6.94. The molecule has 3 rings (SSSR count). The van der Waals surface area contributed by atoms with Crippen LogP contribution in [0.2, 0.25) is 0 Å². The third-order valence-corrected chi connectivity index (χ3v) is 4.00. The summed E-state index contributed by atoms with van der Waals surface area (Å²) in [5.41, 5.74) is 1.89. The Labute approximate surface area is 123 Å². The largest absolute Gasteiger partial charge is 0.573 e. The van der Waals surface area contributed by atoms with Crippen molar-refractivity contribution < 1.29 is 26.7 Å². The summed E-state index contributed by atoms with van der Waals surface area (Å²) >= 11 is 0. The van der Waals surface area contributed by atoms with E-state index >= 15 is 0 Å². The molecule has 1 unspecified atom stereocenters. The van der Waals surface area contributed by atoms with Gasteiger partial charge in [-0.25, -0.2) is 8.78 Å². The summed E-state index contributed by atoms with van der Waals surface area (Å²) in [5, 5.41) is 0.200. The van der Waals surface area contributed by atoms with Gasteiger partial charge in [0.2, 0.25) is 5.75 Å². The lowest BCUT2D eigenvalue weighted by molar-refractivity contribution is -0.276. The highest BCUT2D eigenvalue weighted by atomic mass is 19.4. The van der Waals surface area contributed by atoms with Crippen LogP contribution in [0.4, 0.5) is 22.0 Å². The van der Waals surface area contributed by atoms with Gasteiger partial charge in [0.25, 0.3) is 0 Å². The molecule has 0 fully saturated rings. The van der Waals surface area contributed by atoms with Gasteiger partial charge in [0.1, 0.15) is 0 Å². The first-order chi connectivity index (χ1) is 10.2. The maximum absolute atomic E-state index is 14.2. The number of alkyl halides is 3. The molecule has 22 heavy (non-hydrogen) atoms. The van der Waals surface area contributed by atoms with Crippen LogP contribution in [0.3, 0.4) is 0 Å². The minimum atomic E-state index is -5.14. The Morgan fingerprint density at radius 1 is 1.09 bits per heavy atom. The molecule has 0 amide bonds. The van der Waals surface area contributed by atoms with Crippen LogP contribution in [-0.2, 0) is 12.8 Å². The molecular formula is C16H13F5O. The van der Waals surface area contributed by atoms with Crippen LogP contribution in [0.1, 0.15) is 24.5 Å². The SMILES string of the molecule is CC1CCc2cc3c(F)c(OC(F)(F)F)c(F)cc3cc2C1. The zero-order chi connectivity index (χ0) is 16.1. The third kappa shape index (κ3) is 2.74. The molecule has 0 aliphatic heterocycles. The second kappa shape index (κ2) is 5.11. The smallest absolute Gasteiger partial charge is 0.399 e. The zero-order valence-electron chi connectivity index (χ0n) is 11.7. The summed E-state index contributed by atoms with van der Waals surface area (Å²) in [6.45, 7) is 2.09. The number of halogens is 5. The van der Waals surface area contributed by atoms with Crippen molar-refractivity contribution in [2.45, 2.75) is 32.5 Å². The Bertz CT molecular complexity index is 736. The molecule has 1 atom stereocenters. The lowest BCUT2D eigenvalue weighted by Crippen LogP contribution is -2.19. The summed E-state index contributed by atoms with van der Waals surface area (Å²) in [7, 11) is 0. The van der Waals surface area contributed by atoms with Gasteiger partial charge < -0.3 is 4.74 Å². The highest BCUT2D eigenvalue weighted by molar-refractivity contribution is 5.86. The number of fused-ring (bicyclic) bond motifs is 2. The zero-order valence-corrected chi connectivity index (χ0v) is 11.7. The quantitative estimate of drug-likeness (QED) is 0.662. The fourth-order valence-electron chi connectivity index (χ4n) is 2.96. The molecule has 1 aliphatic carbocycles. The molecule has 0 saturated carbocycles. The van der Waals surface area contributed by atoms with Crippen molar-refractivity contribution in [2.24, 2.45) is 5.92 Å². The van der Waals surface area contributed by atoms with E-state index in [2.05, 4.69) is 11.7 Å². The first-order valence-corrected chi connectivity index (χ1v) is 6.94. The van der Waals surface area contributed by atoms with Crippen molar-refractivity contribution in [3.63, 3.8) is 0 Å². The molecule has 2 aromatic carbocycles. The van der Waals surface area contributed by atoms with Crippen LogP contribution in [0.25, 0.3) is 10.8 Å². The minimum Gasteiger partial charge on any atom is -0.399 e. The van der Waals surface area contributed by atoms with Crippen molar-refractivity contribution >= 4 is 10.8 Å². The highest BCUT2D eigenvalue weighted by Gasteiger charge is 2.34. The topological polar surface area (TPSA) is 9.23 Å². The van der Waals surface area contributed by atoms with E-state index in [9.17, 15) is 22.0 Å². The van der Waals surface area contributed by atoms with Crippen LogP contribution >= 0.6 is 0 Å². The van der Waals surface area contributed by atoms with Crippen molar-refractivity contribution in [3.05, 3.63) is 41.0 Å². The lowest BCUT2D eigenvalue weighted by atomic mass is 9.83. The average molecular weight is 316 g/mol. The number of benzene rings is 2. The predicted molar refractivity (Wildman–Crippen MR) is 71.7 cm³/mol. The van der Waals surface area contributed by atoms with E-state index in [1.165, 1.54) is 6.07 Å². The standard InChI is InChI=1S/C16H13F5O/c1-8-2-3-9-6-12-11(5-10(9)4-8)7-13(17)15(14(12)18)22-16(19,20)21/h5-8H,2-4H2,1H3. The van der Waals surface area contributed by atoms with E-state index in [-0.39, 0.29) is 10.8 Å². The first kappa shape index (κ1) is 15.1. The second-order valence-electron chi connectivity index (χ2n) is 5.74. The number of hydrogen-bond acceptors (Lipinski definition) is 1. The molecule has 0 spiro atoms. The molecule has 6 heteroatoms. The third-order valence-electron chi connectivity index (χ3n) is 4.00. The normalized spacial score (nSPS) is 18.4. The van der Waals surface area contributed by atoms with Crippen molar-refractivity contribution in [1.82, 2.24) is 0 Å². The second-order valence-corrected chi connectivity index (χ2v) is 5.74. The van der Waals surface area contributed by atoms with Gasteiger partial charge in [-0.3, -0.25) is 0 Å². The van der Waals surface area contributed by atoms with Crippen molar-refractivity contribution in [2.75, 3.05) is 0 Å². The minimum absolute atomic E-state index is 0.0473. The number of aryl methyl sites for hydroxylation is 1. The van der Waals surface area contributed by atoms with Crippen LogP contribution in [0, 0.1) is 17.6 Å². The molecule has 0 saturated heterocycles. The summed E-state index contributed by atoms with van der Waals surface area (Å²) in [5.74, 6) is -3.59. The molecular weight excluding hydrogens is 303 g/mol. The van der Waals surface area contributed by atoms with Crippen molar-refractivity contribution in [1.29, 1.82) is 0 Å². The molecule has 2 aromatic rings. The van der Waals surface area contributed by atoms with Gasteiger partial charge in [-0.1, -0.05) is 13.0 Å². The van der Waals surface area contributed by atoms with E-state index < -0.39 is 23.7 Å². The fourth-order valence-corrected chi connectivity index (χ4v) is 2.96. The molecule has 0 bridgehead atoms. The van der Waals surface area contributed by atoms with Crippen LogP contribution in [0.15, 0.2) is 18.2 Å². The van der Waals surface area contributed by atoms with E-state index in [0.29, 0.717) is 5.92 Å². The Kier molecular flexibility index (Phi) is 3.50. The Morgan fingerprint density at radius 3 is 2.50 bits per heavy atom. The summed E-state index contributed by atoms with van der Waals surface area (Å²) in [6, 6.07) is 4.05. The van der Waals surface area contributed by atoms with E-state index in [1.807, 2.05) is 0 Å². The van der Waals surface area contributed by atoms with Crippen LogP contribution in [0.5, 0.6) is 5.75 Å². The van der Waals surface area contributed by atoms with E-state index in [0.717, 1.165) is 36.5 Å². The van der Waals surface area contributed by atoms with Crippen LogP contribution in [-0.4, -0.2) is 6.36 Å². The van der Waals surface area contributed by atoms with E-state index in [4.69, 9.17) is 0 Å². The number of ether oxygens (including phenoxy) is 1. The van der Waals surface area contributed by atoms with Gasteiger partial charge in [0.05, 0.1) is 0 Å². The van der Waals surface area contributed by atoms with Gasteiger partial charge in [-0.2, -0.15) is 0 Å². The molecule has 0 N–H and O–H groups in total. The monoisotopic (exact) mass is 316 g/mol. The lowest BCUT2D eigenvalue weighted by Gasteiger charge is -2.22. The van der Waals surface area contributed by atoms with Gasteiger partial charge >= 0.3 is 6.36 Å². The van der Waals surface area contributed by atoms with Gasteiger partial charge in [-0.15, -0.1) is 13.2 Å². The van der Waals surface area contributed by atoms with Gasteiger partial charge in [0.15, 0.2) is 11.6 Å². The van der Waals surface area contributed by atoms with Gasteiger partial charge in [-0.05, 0) is 53.8 Å². The number of rotatable bonds is 1. The van der Waals surface area contributed by atoms with Gasteiger partial charge in [0, 0.05) is 5.39 Å². The Balaban J connectivity index is 2.16. The summed E-state index contributed by atoms with van der Waals surface area (Å²) < 4.78 is 68.3. The summed E-state index contributed by atoms with van der Waals surface area (Å²) in [6.07, 6.45) is -2.67. The van der Waals surface area contributed by atoms with E-state index in [1.54, 1.807) is 6.07 Å². The fraction of sp³-hybridized carbons (Fsp3) is 0.375. The maximum Gasteiger partial charge on any atom is 0.573 e. The predicted octanol–water partition coefficient (Wildman–Crippen LogP) is 5.14. The Hall–Kier alpha value is -1.85. The molecule has 1 aliphatic rings. The average Bonchev–Trinajstić information content (AvgIpc) is 2.41. The Morgan fingerprint density at radius 2 is 1.82 bits per heavy atom. The van der Waals surface area contributed by atoms with Crippen LogP contribution < -0.4 is 4.74 Å². The molecule has 0 radical (unpaired) electrons. The maximum atomic E-state index is 14.2. The summed E-state index contributed by atoms with van der Waals surface area (Å²) in [4.78, 5) is 0. The number of hydrogen-bond donors (Lipinski definition) is 0. The van der Waals surface area contributed by atoms with Crippen molar-refractivity contribution in [3.8, 4) is 5.75 Å². The molecule has 118 valence electrons.